The second kappa shape index (κ2) is 47.9. The normalized spacial score (nSPS) is 2.40. The Hall–Kier alpha value is 1.55. The Morgan fingerprint density at radius 3 is 0.800 bits per heavy atom. The number of rotatable bonds is 0. The first kappa shape index (κ1) is 16.0. The molecule has 2 atom stereocenters. The van der Waals surface area contributed by atoms with E-state index in [2.05, 4.69) is 31.8 Å². The van der Waals surface area contributed by atoms with E-state index in [1.54, 1.807) is 0 Å². The maximum atomic E-state index is 3.17. The molecule has 0 aromatic rings. The molecule has 0 aliphatic rings. The zero-order valence-electron chi connectivity index (χ0n) is 2.98. The maximum Gasteiger partial charge on any atom is 2.00 e. The zero-order chi connectivity index (χ0) is 4.00. The van der Waals surface area contributed by atoms with Gasteiger partial charge in [0.05, 0.1) is 0 Å². The van der Waals surface area contributed by atoms with Gasteiger partial charge < -0.3 is 31.8 Å². The molecule has 0 saturated carbocycles. The minimum atomic E-state index is 0. The third-order valence-electron chi connectivity index (χ3n) is 0. The van der Waals surface area contributed by atoms with Crippen LogP contribution < -0.4 is 0 Å². The first-order chi connectivity index (χ1) is 2.00. The predicted octanol–water partition coefficient (Wildman–Crippen LogP) is 1.30. The fourth-order valence-corrected chi connectivity index (χ4v) is 0. The molecule has 0 rings (SSSR count). The summed E-state index contributed by atoms with van der Waals surface area (Å²) in [5.74, 6) is 0. The van der Waals surface area contributed by atoms with Gasteiger partial charge in [-0.1, -0.05) is 0 Å². The molecule has 0 N–H and O–H groups in total. The average Bonchev–Trinajstić information content (AvgIpc) is 1.50. The molecule has 0 heterocycles. The molecule has 5 heavy (non-hydrogen) atoms. The van der Waals surface area contributed by atoms with Crippen molar-refractivity contribution < 1.29 is 21.1 Å². The molecular formula is C2H8P2W. The van der Waals surface area contributed by atoms with Crippen LogP contribution in [0.5, 0.6) is 0 Å². The second-order valence-electron chi connectivity index (χ2n) is 0. The molecule has 2 unspecified atom stereocenters. The van der Waals surface area contributed by atoms with E-state index in [-0.39, 0.29) is 21.1 Å². The molecule has 0 radical (unpaired) electrons. The molecule has 0 aliphatic carbocycles. The van der Waals surface area contributed by atoms with Gasteiger partial charge in [-0.15, -0.1) is 0 Å². The van der Waals surface area contributed by atoms with Crippen LogP contribution in [0, 0.1) is 13.3 Å². The summed E-state index contributed by atoms with van der Waals surface area (Å²) in [4.78, 5) is 0. The zero-order valence-corrected chi connectivity index (χ0v) is 8.22. The molecule has 0 amide bonds. The van der Waals surface area contributed by atoms with Crippen LogP contribution in [0.3, 0.4) is 0 Å². The van der Waals surface area contributed by atoms with Gasteiger partial charge in [-0.2, -0.15) is 0 Å². The van der Waals surface area contributed by atoms with Crippen LogP contribution >= 0.6 is 18.5 Å². The van der Waals surface area contributed by atoms with Crippen LogP contribution in [0.1, 0.15) is 0 Å². The first-order valence-corrected chi connectivity index (χ1v) is 2.45. The van der Waals surface area contributed by atoms with Crippen molar-refractivity contribution in [2.45, 2.75) is 0 Å². The van der Waals surface area contributed by atoms with E-state index in [4.69, 9.17) is 0 Å². The second-order valence-corrected chi connectivity index (χ2v) is 0. The van der Waals surface area contributed by atoms with Gasteiger partial charge in [-0.3, -0.25) is 0 Å². The molecule has 0 aromatic carbocycles. The largest absolute Gasteiger partial charge is 2.00 e. The first-order valence-electron chi connectivity index (χ1n) is 0.816. The Labute approximate surface area is 53.2 Å². The van der Waals surface area contributed by atoms with Gasteiger partial charge in [-0.25, -0.2) is 0 Å². The quantitative estimate of drug-likeness (QED) is 0.463. The average molecular weight is 278 g/mol. The fourth-order valence-electron chi connectivity index (χ4n) is 0. The smallest absolute Gasteiger partial charge is 0.323 e. The van der Waals surface area contributed by atoms with Gasteiger partial charge in [0.1, 0.15) is 0 Å². The fraction of sp³-hybridized carbons (Fsp3) is 0. The summed E-state index contributed by atoms with van der Waals surface area (Å²) < 4.78 is 0. The van der Waals surface area contributed by atoms with Crippen molar-refractivity contribution >= 4 is 18.5 Å². The third kappa shape index (κ3) is 29.1. The SMILES string of the molecule is [CH2-]P.[CH2-]P.[W+2]. The van der Waals surface area contributed by atoms with Crippen LogP contribution in [0.25, 0.3) is 0 Å². The number of hydrogen-bond donors (Lipinski definition) is 0. The van der Waals surface area contributed by atoms with Crippen LogP contribution in [-0.2, 0) is 21.1 Å². The van der Waals surface area contributed by atoms with E-state index in [9.17, 15) is 0 Å². The van der Waals surface area contributed by atoms with Crippen molar-refractivity contribution in [2.75, 3.05) is 0 Å². The predicted molar refractivity (Wildman–Crippen MR) is 30.1 cm³/mol. The summed E-state index contributed by atoms with van der Waals surface area (Å²) in [6, 6.07) is 0. The van der Waals surface area contributed by atoms with Crippen molar-refractivity contribution in [2.24, 2.45) is 0 Å². The summed E-state index contributed by atoms with van der Waals surface area (Å²) in [5.41, 5.74) is 0. The van der Waals surface area contributed by atoms with E-state index < -0.39 is 0 Å². The van der Waals surface area contributed by atoms with Gasteiger partial charge >= 0.3 is 21.1 Å². The Morgan fingerprint density at radius 1 is 0.800 bits per heavy atom. The molecule has 0 fully saturated rings. The van der Waals surface area contributed by atoms with E-state index in [1.165, 1.54) is 0 Å². The van der Waals surface area contributed by atoms with Crippen molar-refractivity contribution in [1.29, 1.82) is 0 Å². The molecular weight excluding hydrogens is 270 g/mol. The van der Waals surface area contributed by atoms with Gasteiger partial charge in [-0.05, 0) is 0 Å². The molecule has 32 valence electrons. The molecule has 0 spiro atoms. The Bertz CT molecular complexity index is 7.61. The number of hydrogen-bond acceptors (Lipinski definition) is 0. The van der Waals surface area contributed by atoms with Crippen molar-refractivity contribution in [3.63, 3.8) is 0 Å². The summed E-state index contributed by atoms with van der Waals surface area (Å²) in [5, 5.41) is 0. The van der Waals surface area contributed by atoms with Crippen molar-refractivity contribution in [3.05, 3.63) is 13.3 Å². The Kier molecular flexibility index (Phi) is 153. The maximum absolute atomic E-state index is 3.17. The molecule has 0 aliphatic heterocycles. The van der Waals surface area contributed by atoms with Crippen molar-refractivity contribution in [1.82, 2.24) is 0 Å². The molecule has 0 aromatic heterocycles. The van der Waals surface area contributed by atoms with Crippen molar-refractivity contribution in [3.8, 4) is 0 Å². The topological polar surface area (TPSA) is 0 Å². The van der Waals surface area contributed by atoms with E-state index in [0.29, 0.717) is 0 Å². The van der Waals surface area contributed by atoms with Gasteiger partial charge in [0.25, 0.3) is 0 Å². The van der Waals surface area contributed by atoms with Gasteiger partial charge in [0, 0.05) is 0 Å². The molecule has 3 heteroatoms. The minimum Gasteiger partial charge on any atom is -0.323 e. The summed E-state index contributed by atoms with van der Waals surface area (Å²) >= 11 is 0. The third-order valence-corrected chi connectivity index (χ3v) is 0. The molecule has 0 bridgehead atoms. The summed E-state index contributed by atoms with van der Waals surface area (Å²) in [6.45, 7) is 6.33. The van der Waals surface area contributed by atoms with E-state index >= 15 is 0 Å². The van der Waals surface area contributed by atoms with E-state index in [0.717, 1.165) is 0 Å². The van der Waals surface area contributed by atoms with Crippen LogP contribution in [0.15, 0.2) is 0 Å². The standard InChI is InChI=1S/2CH4P.W/c2*1-2;/h2*1-2H2;/q2*-1;+2. The van der Waals surface area contributed by atoms with E-state index in [1.807, 2.05) is 0 Å². The molecule has 0 saturated heterocycles. The summed E-state index contributed by atoms with van der Waals surface area (Å²) in [7, 11) is 4.33. The minimum absolute atomic E-state index is 0. The molecule has 0 nitrogen and oxygen atoms in total. The Balaban J connectivity index is -0.0000000133. The van der Waals surface area contributed by atoms with Crippen LogP contribution in [-0.4, -0.2) is 0 Å². The van der Waals surface area contributed by atoms with Gasteiger partial charge in [0.15, 0.2) is 0 Å². The van der Waals surface area contributed by atoms with Crippen LogP contribution in [0.4, 0.5) is 0 Å². The van der Waals surface area contributed by atoms with Gasteiger partial charge in [0.2, 0.25) is 0 Å². The monoisotopic (exact) mass is 278 g/mol. The summed E-state index contributed by atoms with van der Waals surface area (Å²) in [6.07, 6.45) is 0. The Morgan fingerprint density at radius 2 is 0.800 bits per heavy atom. The van der Waals surface area contributed by atoms with Crippen LogP contribution in [0.2, 0.25) is 0 Å².